The fraction of sp³-hybridized carbons (Fsp3) is 0.455. The Bertz CT molecular complexity index is 342. The molecule has 0 amide bonds. The molecule has 0 heterocycles. The lowest BCUT2D eigenvalue weighted by atomic mass is 9.99. The molecule has 0 fully saturated rings. The standard InChI is InChI=1S/C11H16ClNO2/c1-7(6-13)10-9(14-2)5-4-8(12)11(10)15-3/h4-5,7H,6,13H2,1-3H3. The topological polar surface area (TPSA) is 44.5 Å². The van der Waals surface area contributed by atoms with Gasteiger partial charge in [0.15, 0.2) is 0 Å². The van der Waals surface area contributed by atoms with Gasteiger partial charge in [-0.3, -0.25) is 0 Å². The van der Waals surface area contributed by atoms with E-state index in [1.54, 1.807) is 20.3 Å². The summed E-state index contributed by atoms with van der Waals surface area (Å²) in [5.74, 6) is 1.55. The second-order valence-corrected chi connectivity index (χ2v) is 3.74. The molecule has 1 aromatic carbocycles. The van der Waals surface area contributed by atoms with Crippen LogP contribution < -0.4 is 15.2 Å². The van der Waals surface area contributed by atoms with E-state index in [2.05, 4.69) is 0 Å². The van der Waals surface area contributed by atoms with Crippen molar-refractivity contribution in [2.75, 3.05) is 20.8 Å². The SMILES string of the molecule is COc1ccc(Cl)c(OC)c1C(C)CN. The summed E-state index contributed by atoms with van der Waals surface area (Å²) in [6.07, 6.45) is 0. The second kappa shape index (κ2) is 5.24. The van der Waals surface area contributed by atoms with Crippen molar-refractivity contribution in [1.82, 2.24) is 0 Å². The van der Waals surface area contributed by atoms with Gasteiger partial charge >= 0.3 is 0 Å². The highest BCUT2D eigenvalue weighted by Gasteiger charge is 2.18. The Labute approximate surface area is 95.1 Å². The normalized spacial score (nSPS) is 12.3. The van der Waals surface area contributed by atoms with E-state index in [9.17, 15) is 0 Å². The fourth-order valence-corrected chi connectivity index (χ4v) is 1.77. The van der Waals surface area contributed by atoms with Crippen molar-refractivity contribution in [2.24, 2.45) is 5.73 Å². The predicted octanol–water partition coefficient (Wildman–Crippen LogP) is 2.42. The third kappa shape index (κ3) is 2.36. The number of halogens is 1. The van der Waals surface area contributed by atoms with Crippen molar-refractivity contribution < 1.29 is 9.47 Å². The summed E-state index contributed by atoms with van der Waals surface area (Å²) in [6.45, 7) is 2.53. The molecular weight excluding hydrogens is 214 g/mol. The molecule has 1 unspecified atom stereocenters. The number of methoxy groups -OCH3 is 2. The second-order valence-electron chi connectivity index (χ2n) is 3.33. The minimum Gasteiger partial charge on any atom is -0.496 e. The smallest absolute Gasteiger partial charge is 0.144 e. The number of hydrogen-bond donors (Lipinski definition) is 1. The Morgan fingerprint density at radius 1 is 1.33 bits per heavy atom. The van der Waals surface area contributed by atoms with E-state index in [1.807, 2.05) is 13.0 Å². The maximum Gasteiger partial charge on any atom is 0.144 e. The van der Waals surface area contributed by atoms with Crippen molar-refractivity contribution in [3.8, 4) is 11.5 Å². The van der Waals surface area contributed by atoms with Gasteiger partial charge in [-0.05, 0) is 18.7 Å². The number of benzene rings is 1. The van der Waals surface area contributed by atoms with Gasteiger partial charge in [0, 0.05) is 11.5 Å². The molecule has 3 nitrogen and oxygen atoms in total. The van der Waals surface area contributed by atoms with Gasteiger partial charge < -0.3 is 15.2 Å². The van der Waals surface area contributed by atoms with E-state index in [-0.39, 0.29) is 5.92 Å². The zero-order chi connectivity index (χ0) is 11.4. The van der Waals surface area contributed by atoms with Gasteiger partial charge in [-0.2, -0.15) is 0 Å². The summed E-state index contributed by atoms with van der Waals surface area (Å²) in [6, 6.07) is 3.58. The summed E-state index contributed by atoms with van der Waals surface area (Å²) in [5.41, 5.74) is 6.57. The first-order valence-corrected chi connectivity index (χ1v) is 5.13. The van der Waals surface area contributed by atoms with Crippen LogP contribution >= 0.6 is 11.6 Å². The van der Waals surface area contributed by atoms with Crippen LogP contribution in [-0.4, -0.2) is 20.8 Å². The monoisotopic (exact) mass is 229 g/mol. The van der Waals surface area contributed by atoms with Crippen molar-refractivity contribution in [1.29, 1.82) is 0 Å². The van der Waals surface area contributed by atoms with Crippen molar-refractivity contribution in [3.05, 3.63) is 22.7 Å². The molecule has 2 N–H and O–H groups in total. The Morgan fingerprint density at radius 3 is 2.47 bits per heavy atom. The van der Waals surface area contributed by atoms with Crippen LogP contribution in [0.2, 0.25) is 5.02 Å². The van der Waals surface area contributed by atoms with Crippen LogP contribution in [0.4, 0.5) is 0 Å². The molecule has 0 aliphatic carbocycles. The molecule has 0 spiro atoms. The average molecular weight is 230 g/mol. The molecule has 1 atom stereocenters. The van der Waals surface area contributed by atoms with Crippen LogP contribution in [-0.2, 0) is 0 Å². The highest BCUT2D eigenvalue weighted by molar-refractivity contribution is 6.32. The Morgan fingerprint density at radius 2 is 2.00 bits per heavy atom. The lowest BCUT2D eigenvalue weighted by molar-refractivity contribution is 0.381. The summed E-state index contributed by atoms with van der Waals surface area (Å²) in [7, 11) is 3.21. The van der Waals surface area contributed by atoms with E-state index < -0.39 is 0 Å². The largest absolute Gasteiger partial charge is 0.496 e. The molecule has 1 rings (SSSR count). The van der Waals surface area contributed by atoms with Crippen LogP contribution in [0.15, 0.2) is 12.1 Å². The predicted molar refractivity (Wildman–Crippen MR) is 62.0 cm³/mol. The zero-order valence-electron chi connectivity index (χ0n) is 9.21. The number of ether oxygens (including phenoxy) is 2. The van der Waals surface area contributed by atoms with Crippen LogP contribution in [0.1, 0.15) is 18.4 Å². The van der Waals surface area contributed by atoms with E-state index in [0.29, 0.717) is 17.3 Å². The summed E-state index contributed by atoms with van der Waals surface area (Å²) in [5, 5.41) is 0.577. The maximum absolute atomic E-state index is 6.04. The van der Waals surface area contributed by atoms with E-state index in [1.165, 1.54) is 0 Å². The molecule has 0 saturated carbocycles. The molecule has 15 heavy (non-hydrogen) atoms. The summed E-state index contributed by atoms with van der Waals surface area (Å²) < 4.78 is 10.5. The Kier molecular flexibility index (Phi) is 4.24. The Balaban J connectivity index is 3.33. The van der Waals surface area contributed by atoms with Crippen LogP contribution in [0.25, 0.3) is 0 Å². The summed E-state index contributed by atoms with van der Waals surface area (Å²) >= 11 is 6.04. The van der Waals surface area contributed by atoms with Gasteiger partial charge in [-0.15, -0.1) is 0 Å². The number of hydrogen-bond acceptors (Lipinski definition) is 3. The zero-order valence-corrected chi connectivity index (χ0v) is 9.97. The Hall–Kier alpha value is -0.930. The van der Waals surface area contributed by atoms with Crippen LogP contribution in [0.3, 0.4) is 0 Å². The minimum atomic E-state index is 0.147. The third-order valence-electron chi connectivity index (χ3n) is 2.38. The maximum atomic E-state index is 6.04. The molecular formula is C11H16ClNO2. The quantitative estimate of drug-likeness (QED) is 0.863. The number of nitrogens with two attached hydrogens (primary N) is 1. The minimum absolute atomic E-state index is 0.147. The first kappa shape index (κ1) is 12.1. The molecule has 0 bridgehead atoms. The molecule has 0 aliphatic heterocycles. The van der Waals surface area contributed by atoms with Gasteiger partial charge in [-0.1, -0.05) is 18.5 Å². The van der Waals surface area contributed by atoms with Gasteiger partial charge in [0.2, 0.25) is 0 Å². The van der Waals surface area contributed by atoms with E-state index in [4.69, 9.17) is 26.8 Å². The van der Waals surface area contributed by atoms with Gasteiger partial charge in [0.25, 0.3) is 0 Å². The van der Waals surface area contributed by atoms with Gasteiger partial charge in [0.05, 0.1) is 19.2 Å². The third-order valence-corrected chi connectivity index (χ3v) is 2.68. The highest BCUT2D eigenvalue weighted by Crippen LogP contribution is 2.39. The van der Waals surface area contributed by atoms with E-state index >= 15 is 0 Å². The number of rotatable bonds is 4. The van der Waals surface area contributed by atoms with Crippen molar-refractivity contribution in [3.63, 3.8) is 0 Å². The lowest BCUT2D eigenvalue weighted by Crippen LogP contribution is -2.11. The van der Waals surface area contributed by atoms with Gasteiger partial charge in [0.1, 0.15) is 11.5 Å². The molecule has 0 aromatic heterocycles. The highest BCUT2D eigenvalue weighted by atomic mass is 35.5. The van der Waals surface area contributed by atoms with Crippen LogP contribution in [0, 0.1) is 0 Å². The molecule has 0 radical (unpaired) electrons. The molecule has 1 aromatic rings. The van der Waals surface area contributed by atoms with Crippen molar-refractivity contribution in [2.45, 2.75) is 12.8 Å². The fourth-order valence-electron chi connectivity index (χ4n) is 1.52. The molecule has 4 heteroatoms. The van der Waals surface area contributed by atoms with Crippen LogP contribution in [0.5, 0.6) is 11.5 Å². The molecule has 0 saturated heterocycles. The molecule has 84 valence electrons. The summed E-state index contributed by atoms with van der Waals surface area (Å²) in [4.78, 5) is 0. The average Bonchev–Trinajstić information content (AvgIpc) is 2.27. The lowest BCUT2D eigenvalue weighted by Gasteiger charge is -2.18. The van der Waals surface area contributed by atoms with E-state index in [0.717, 1.165) is 11.3 Å². The van der Waals surface area contributed by atoms with Crippen molar-refractivity contribution >= 4 is 11.6 Å². The first-order chi connectivity index (χ1) is 7.15. The van der Waals surface area contributed by atoms with Gasteiger partial charge in [-0.25, -0.2) is 0 Å². The molecule has 0 aliphatic rings. The first-order valence-electron chi connectivity index (χ1n) is 4.76.